The maximum Gasteiger partial charge on any atom is 0.127 e. The average molecular weight is 315 g/mol. The lowest BCUT2D eigenvalue weighted by atomic mass is 10.0. The summed E-state index contributed by atoms with van der Waals surface area (Å²) in [5, 5.41) is 3.37. The fourth-order valence-electron chi connectivity index (χ4n) is 2.55. The molecule has 1 aliphatic heterocycles. The van der Waals surface area contributed by atoms with Gasteiger partial charge in [0.1, 0.15) is 5.82 Å². The predicted octanol–water partition coefficient (Wildman–Crippen LogP) is 3.16. The van der Waals surface area contributed by atoms with E-state index >= 15 is 0 Å². The van der Waals surface area contributed by atoms with Gasteiger partial charge in [-0.2, -0.15) is 0 Å². The van der Waals surface area contributed by atoms with Crippen LogP contribution in [0.1, 0.15) is 25.3 Å². The molecule has 0 saturated carbocycles. The molecule has 0 amide bonds. The van der Waals surface area contributed by atoms with Gasteiger partial charge in [-0.15, -0.1) is 0 Å². The molecule has 1 aromatic carbocycles. The van der Waals surface area contributed by atoms with E-state index in [4.69, 9.17) is 0 Å². The second kappa shape index (κ2) is 6.64. The fourth-order valence-corrected chi connectivity index (χ4v) is 2.96. The number of piperidine rings is 1. The number of nitrogens with zero attached hydrogens (tertiary/aromatic N) is 1. The maximum absolute atomic E-state index is 13.8. The second-order valence-corrected chi connectivity index (χ2v) is 5.70. The summed E-state index contributed by atoms with van der Waals surface area (Å²) in [4.78, 5) is 2.38. The number of benzene rings is 1. The molecule has 0 unspecified atom stereocenters. The Hall–Kier alpha value is -0.450. The average Bonchev–Trinajstić information content (AvgIpc) is 2.41. The third-order valence-corrected chi connectivity index (χ3v) is 4.11. The van der Waals surface area contributed by atoms with Crippen LogP contribution in [0.5, 0.6) is 0 Å². The van der Waals surface area contributed by atoms with Crippen molar-refractivity contribution < 1.29 is 4.39 Å². The van der Waals surface area contributed by atoms with E-state index in [1.165, 1.54) is 6.07 Å². The van der Waals surface area contributed by atoms with Gasteiger partial charge in [0.2, 0.25) is 0 Å². The van der Waals surface area contributed by atoms with Crippen molar-refractivity contribution in [1.29, 1.82) is 0 Å². The Kier molecular flexibility index (Phi) is 5.15. The highest BCUT2D eigenvalue weighted by molar-refractivity contribution is 9.10. The number of rotatable bonds is 4. The van der Waals surface area contributed by atoms with E-state index in [0.717, 1.165) is 42.5 Å². The van der Waals surface area contributed by atoms with E-state index in [1.807, 2.05) is 6.07 Å². The second-order valence-electron chi connectivity index (χ2n) is 4.78. The molecule has 1 N–H and O–H groups in total. The molecule has 2 nitrogen and oxygen atoms in total. The molecule has 1 aromatic rings. The number of hydrogen-bond acceptors (Lipinski definition) is 2. The molecule has 1 aliphatic rings. The lowest BCUT2D eigenvalue weighted by molar-refractivity contribution is 0.160. The Bertz CT molecular complexity index is 391. The van der Waals surface area contributed by atoms with Crippen molar-refractivity contribution >= 4 is 15.9 Å². The quantitative estimate of drug-likeness (QED) is 0.918. The van der Waals surface area contributed by atoms with Gasteiger partial charge in [0.25, 0.3) is 0 Å². The first-order chi connectivity index (χ1) is 8.70. The molecular formula is C14H20BrFN2. The fraction of sp³-hybridized carbons (Fsp3) is 0.571. The molecule has 0 aromatic heterocycles. The molecule has 0 atom stereocenters. The summed E-state index contributed by atoms with van der Waals surface area (Å²) in [6, 6.07) is 5.75. The highest BCUT2D eigenvalue weighted by Gasteiger charge is 2.20. The van der Waals surface area contributed by atoms with Gasteiger partial charge in [0.05, 0.1) is 0 Å². The van der Waals surface area contributed by atoms with Gasteiger partial charge < -0.3 is 5.32 Å². The number of nitrogens with one attached hydrogen (secondary N) is 1. The summed E-state index contributed by atoms with van der Waals surface area (Å²) in [5.74, 6) is -0.106. The van der Waals surface area contributed by atoms with Crippen LogP contribution >= 0.6 is 15.9 Å². The summed E-state index contributed by atoms with van der Waals surface area (Å²) in [5.41, 5.74) is 0.782. The lowest BCUT2D eigenvalue weighted by Crippen LogP contribution is -2.42. The lowest BCUT2D eigenvalue weighted by Gasteiger charge is -2.34. The smallest absolute Gasteiger partial charge is 0.127 e. The van der Waals surface area contributed by atoms with E-state index in [9.17, 15) is 4.39 Å². The number of halogens is 2. The van der Waals surface area contributed by atoms with Gasteiger partial charge in [-0.3, -0.25) is 4.90 Å². The third-order valence-electron chi connectivity index (χ3n) is 3.61. The van der Waals surface area contributed by atoms with Gasteiger partial charge in [-0.05, 0) is 50.7 Å². The summed E-state index contributed by atoms with van der Waals surface area (Å²) < 4.78 is 14.7. The molecule has 1 heterocycles. The van der Waals surface area contributed by atoms with Crippen molar-refractivity contribution in [2.75, 3.05) is 19.6 Å². The maximum atomic E-state index is 13.8. The molecule has 2 rings (SSSR count). The normalized spacial score (nSPS) is 17.3. The van der Waals surface area contributed by atoms with E-state index in [2.05, 4.69) is 33.1 Å². The van der Waals surface area contributed by atoms with Crippen LogP contribution in [0.25, 0.3) is 0 Å². The zero-order chi connectivity index (χ0) is 13.0. The van der Waals surface area contributed by atoms with E-state index < -0.39 is 0 Å². The summed E-state index contributed by atoms with van der Waals surface area (Å²) in [6.45, 7) is 5.96. The first kappa shape index (κ1) is 14.0. The molecule has 0 aliphatic carbocycles. The minimum absolute atomic E-state index is 0.106. The van der Waals surface area contributed by atoms with Crippen LogP contribution in [0.4, 0.5) is 4.39 Å². The zero-order valence-corrected chi connectivity index (χ0v) is 12.3. The van der Waals surface area contributed by atoms with Gasteiger partial charge in [-0.25, -0.2) is 4.39 Å². The Balaban J connectivity index is 2.06. The minimum atomic E-state index is -0.106. The Morgan fingerprint density at radius 1 is 1.39 bits per heavy atom. The summed E-state index contributed by atoms with van der Waals surface area (Å²) in [7, 11) is 0. The van der Waals surface area contributed by atoms with Crippen molar-refractivity contribution in [2.45, 2.75) is 32.4 Å². The first-order valence-electron chi connectivity index (χ1n) is 6.59. The van der Waals surface area contributed by atoms with Crippen molar-refractivity contribution in [1.82, 2.24) is 10.2 Å². The highest BCUT2D eigenvalue weighted by Crippen LogP contribution is 2.20. The Labute approximate surface area is 117 Å². The van der Waals surface area contributed by atoms with Crippen LogP contribution in [0.3, 0.4) is 0 Å². The molecule has 1 fully saturated rings. The van der Waals surface area contributed by atoms with Crippen molar-refractivity contribution in [3.8, 4) is 0 Å². The van der Waals surface area contributed by atoms with Gasteiger partial charge in [-0.1, -0.05) is 22.9 Å². The predicted molar refractivity (Wildman–Crippen MR) is 76.1 cm³/mol. The molecule has 1 saturated heterocycles. The SMILES string of the molecule is CCN(Cc1cc(Br)ccc1F)C1CCNCC1. The Morgan fingerprint density at radius 2 is 2.11 bits per heavy atom. The van der Waals surface area contributed by atoms with Crippen LogP contribution in [-0.2, 0) is 6.54 Å². The zero-order valence-electron chi connectivity index (χ0n) is 10.8. The summed E-state index contributed by atoms with van der Waals surface area (Å²) >= 11 is 3.41. The molecule has 100 valence electrons. The third kappa shape index (κ3) is 3.53. The van der Waals surface area contributed by atoms with Crippen molar-refractivity contribution in [3.63, 3.8) is 0 Å². The first-order valence-corrected chi connectivity index (χ1v) is 7.38. The van der Waals surface area contributed by atoms with Gasteiger partial charge in [0, 0.05) is 22.6 Å². The topological polar surface area (TPSA) is 15.3 Å². The number of hydrogen-bond donors (Lipinski definition) is 1. The van der Waals surface area contributed by atoms with E-state index in [1.54, 1.807) is 6.07 Å². The van der Waals surface area contributed by atoms with Crippen LogP contribution < -0.4 is 5.32 Å². The molecule has 18 heavy (non-hydrogen) atoms. The van der Waals surface area contributed by atoms with Gasteiger partial charge >= 0.3 is 0 Å². The standard InChI is InChI=1S/C14H20BrFN2/c1-2-18(13-5-7-17-8-6-13)10-11-9-12(15)3-4-14(11)16/h3-4,9,13,17H,2,5-8,10H2,1H3. The monoisotopic (exact) mass is 314 g/mol. The Morgan fingerprint density at radius 3 is 2.78 bits per heavy atom. The molecule has 0 radical (unpaired) electrons. The van der Waals surface area contributed by atoms with Crippen molar-refractivity contribution in [3.05, 3.63) is 34.1 Å². The largest absolute Gasteiger partial charge is 0.317 e. The molecule has 0 bridgehead atoms. The van der Waals surface area contributed by atoms with Crippen LogP contribution in [0, 0.1) is 5.82 Å². The highest BCUT2D eigenvalue weighted by atomic mass is 79.9. The molecule has 0 spiro atoms. The van der Waals surface area contributed by atoms with Crippen molar-refractivity contribution in [2.24, 2.45) is 0 Å². The van der Waals surface area contributed by atoms with Crippen LogP contribution in [0.2, 0.25) is 0 Å². The van der Waals surface area contributed by atoms with Gasteiger partial charge in [0.15, 0.2) is 0 Å². The minimum Gasteiger partial charge on any atom is -0.317 e. The van der Waals surface area contributed by atoms with E-state index in [0.29, 0.717) is 12.6 Å². The molecule has 4 heteroatoms. The summed E-state index contributed by atoms with van der Waals surface area (Å²) in [6.07, 6.45) is 2.31. The van der Waals surface area contributed by atoms with E-state index in [-0.39, 0.29) is 5.82 Å². The van der Waals surface area contributed by atoms with Crippen LogP contribution in [0.15, 0.2) is 22.7 Å². The molecular weight excluding hydrogens is 295 g/mol. The van der Waals surface area contributed by atoms with Crippen LogP contribution in [-0.4, -0.2) is 30.6 Å².